The van der Waals surface area contributed by atoms with E-state index in [-0.39, 0.29) is 18.7 Å². The van der Waals surface area contributed by atoms with Crippen LogP contribution >= 0.6 is 0 Å². The predicted molar refractivity (Wildman–Crippen MR) is 68.1 cm³/mol. The average Bonchev–Trinajstić information content (AvgIpc) is 2.80. The number of hydrogen-bond acceptors (Lipinski definition) is 4. The first kappa shape index (κ1) is 14.9. The average molecular weight is 257 g/mol. The number of carboxylic acids is 1. The summed E-state index contributed by atoms with van der Waals surface area (Å²) in [6, 6.07) is -0.526. The van der Waals surface area contributed by atoms with E-state index in [2.05, 4.69) is 17.1 Å². The normalized spacial score (nSPS) is 21.8. The van der Waals surface area contributed by atoms with Gasteiger partial charge in [-0.05, 0) is 32.4 Å². The Morgan fingerprint density at radius 3 is 2.89 bits per heavy atom. The molecule has 1 saturated heterocycles. The monoisotopic (exact) mass is 257 g/mol. The summed E-state index contributed by atoms with van der Waals surface area (Å²) in [7, 11) is 0. The highest BCUT2D eigenvalue weighted by atomic mass is 16.4. The Balaban J connectivity index is 2.19. The fraction of sp³-hybridized carbons (Fsp3) is 0.833. The van der Waals surface area contributed by atoms with Gasteiger partial charge in [0.05, 0.1) is 0 Å². The first-order valence-corrected chi connectivity index (χ1v) is 6.53. The van der Waals surface area contributed by atoms with Crippen molar-refractivity contribution in [3.05, 3.63) is 0 Å². The van der Waals surface area contributed by atoms with Crippen LogP contribution in [0, 0.1) is 0 Å². The first-order chi connectivity index (χ1) is 8.54. The van der Waals surface area contributed by atoms with Gasteiger partial charge in [0.25, 0.3) is 0 Å². The zero-order valence-electron chi connectivity index (χ0n) is 10.9. The van der Waals surface area contributed by atoms with Gasteiger partial charge in [-0.25, -0.2) is 0 Å². The van der Waals surface area contributed by atoms with Gasteiger partial charge < -0.3 is 16.2 Å². The summed E-state index contributed by atoms with van der Waals surface area (Å²) in [6.07, 6.45) is 2.65. The fourth-order valence-electron chi connectivity index (χ4n) is 2.27. The van der Waals surface area contributed by atoms with Crippen molar-refractivity contribution < 1.29 is 14.7 Å². The van der Waals surface area contributed by atoms with Gasteiger partial charge in [-0.2, -0.15) is 0 Å². The van der Waals surface area contributed by atoms with Gasteiger partial charge in [-0.1, -0.05) is 6.92 Å². The summed E-state index contributed by atoms with van der Waals surface area (Å²) in [6.45, 7) is 4.87. The Kier molecular flexibility index (Phi) is 6.07. The molecule has 0 bridgehead atoms. The highest BCUT2D eigenvalue weighted by molar-refractivity contribution is 5.78. The molecule has 4 N–H and O–H groups in total. The quantitative estimate of drug-likeness (QED) is 0.586. The van der Waals surface area contributed by atoms with Crippen LogP contribution in [0.5, 0.6) is 0 Å². The molecule has 18 heavy (non-hydrogen) atoms. The van der Waals surface area contributed by atoms with Crippen LogP contribution in [0.1, 0.15) is 32.6 Å². The Morgan fingerprint density at radius 2 is 2.28 bits per heavy atom. The lowest BCUT2D eigenvalue weighted by atomic mass is 10.1. The second-order valence-electron chi connectivity index (χ2n) is 4.71. The van der Waals surface area contributed by atoms with Crippen molar-refractivity contribution in [2.45, 2.75) is 44.7 Å². The maximum Gasteiger partial charge on any atom is 0.320 e. The van der Waals surface area contributed by atoms with Crippen molar-refractivity contribution >= 4 is 11.9 Å². The molecule has 0 aliphatic carbocycles. The number of nitrogens with one attached hydrogen (secondary N) is 1. The first-order valence-electron chi connectivity index (χ1n) is 6.53. The summed E-state index contributed by atoms with van der Waals surface area (Å²) < 4.78 is 0. The van der Waals surface area contributed by atoms with Gasteiger partial charge in [0.15, 0.2) is 0 Å². The van der Waals surface area contributed by atoms with Crippen molar-refractivity contribution in [3.63, 3.8) is 0 Å². The maximum absolute atomic E-state index is 11.5. The molecule has 1 heterocycles. The van der Waals surface area contributed by atoms with Crippen molar-refractivity contribution in [1.82, 2.24) is 10.2 Å². The van der Waals surface area contributed by atoms with Gasteiger partial charge in [-0.3, -0.25) is 14.5 Å². The molecular weight excluding hydrogens is 234 g/mol. The Labute approximate surface area is 108 Å². The lowest BCUT2D eigenvalue weighted by Gasteiger charge is -2.22. The summed E-state index contributed by atoms with van der Waals surface area (Å²) in [5, 5.41) is 11.5. The molecular formula is C12H23N3O3. The number of nitrogens with two attached hydrogens (primary N) is 1. The molecule has 6 heteroatoms. The van der Waals surface area contributed by atoms with Crippen LogP contribution < -0.4 is 11.1 Å². The van der Waals surface area contributed by atoms with E-state index in [1.807, 2.05) is 0 Å². The largest absolute Gasteiger partial charge is 0.480 e. The Morgan fingerprint density at radius 1 is 1.56 bits per heavy atom. The Hall–Kier alpha value is -1.14. The topological polar surface area (TPSA) is 95.7 Å². The van der Waals surface area contributed by atoms with Gasteiger partial charge in [-0.15, -0.1) is 0 Å². The maximum atomic E-state index is 11.5. The third-order valence-corrected chi connectivity index (χ3v) is 3.44. The molecule has 1 unspecified atom stereocenters. The molecule has 0 aromatic heterocycles. The molecule has 0 radical (unpaired) electrons. The van der Waals surface area contributed by atoms with E-state index in [1.54, 1.807) is 0 Å². The van der Waals surface area contributed by atoms with Crippen LogP contribution in [0.15, 0.2) is 0 Å². The number of aliphatic carboxylic acids is 1. The van der Waals surface area contributed by atoms with Crippen molar-refractivity contribution in [2.75, 3.05) is 19.6 Å². The van der Waals surface area contributed by atoms with E-state index in [0.29, 0.717) is 12.6 Å². The van der Waals surface area contributed by atoms with Crippen molar-refractivity contribution in [3.8, 4) is 0 Å². The van der Waals surface area contributed by atoms with E-state index in [0.717, 1.165) is 19.5 Å². The SMILES string of the molecule is CCN1CCCC1CNC(=O)CC[C@H](N)C(=O)O. The molecule has 0 aromatic rings. The smallest absolute Gasteiger partial charge is 0.320 e. The molecule has 1 aliphatic rings. The summed E-state index contributed by atoms with van der Waals surface area (Å²) >= 11 is 0. The summed E-state index contributed by atoms with van der Waals surface area (Å²) in [5.41, 5.74) is 5.34. The lowest BCUT2D eigenvalue weighted by molar-refractivity contribution is -0.138. The number of carboxylic acid groups (broad SMARTS) is 1. The number of likely N-dealkylation sites (N-methyl/N-ethyl adjacent to an activating group) is 1. The number of carbonyl (C=O) groups excluding carboxylic acids is 1. The van der Waals surface area contributed by atoms with Crippen LogP contribution in [-0.4, -0.2) is 53.6 Å². The molecule has 1 aliphatic heterocycles. The van der Waals surface area contributed by atoms with Gasteiger partial charge in [0.1, 0.15) is 6.04 Å². The highest BCUT2D eigenvalue weighted by Crippen LogP contribution is 2.15. The van der Waals surface area contributed by atoms with Crippen LogP contribution in [-0.2, 0) is 9.59 Å². The van der Waals surface area contributed by atoms with E-state index >= 15 is 0 Å². The molecule has 0 spiro atoms. The molecule has 1 fully saturated rings. The molecule has 104 valence electrons. The van der Waals surface area contributed by atoms with Crippen molar-refractivity contribution in [1.29, 1.82) is 0 Å². The minimum atomic E-state index is -1.06. The molecule has 2 atom stereocenters. The standard InChI is InChI=1S/C12H23N3O3/c1-2-15-7-3-4-9(15)8-14-11(16)6-5-10(13)12(17)18/h9-10H,2-8,13H2,1H3,(H,14,16)(H,17,18)/t9?,10-/m0/s1. The molecule has 1 rings (SSSR count). The summed E-state index contributed by atoms with van der Waals surface area (Å²) in [4.78, 5) is 24.4. The molecule has 6 nitrogen and oxygen atoms in total. The number of rotatable bonds is 7. The van der Waals surface area contributed by atoms with Gasteiger partial charge in [0, 0.05) is 19.0 Å². The van der Waals surface area contributed by atoms with E-state index in [1.165, 1.54) is 6.42 Å². The number of carbonyl (C=O) groups is 2. The van der Waals surface area contributed by atoms with E-state index < -0.39 is 12.0 Å². The van der Waals surface area contributed by atoms with Crippen LogP contribution in [0.2, 0.25) is 0 Å². The molecule has 0 aromatic carbocycles. The predicted octanol–water partition coefficient (Wildman–Crippen LogP) is -0.221. The third-order valence-electron chi connectivity index (χ3n) is 3.44. The summed E-state index contributed by atoms with van der Waals surface area (Å²) in [5.74, 6) is -1.18. The third kappa shape index (κ3) is 4.62. The minimum Gasteiger partial charge on any atom is -0.480 e. The highest BCUT2D eigenvalue weighted by Gasteiger charge is 2.23. The zero-order chi connectivity index (χ0) is 13.5. The number of nitrogens with zero attached hydrogens (tertiary/aromatic N) is 1. The van der Waals surface area contributed by atoms with E-state index in [4.69, 9.17) is 10.8 Å². The molecule has 0 saturated carbocycles. The second-order valence-corrected chi connectivity index (χ2v) is 4.71. The fourth-order valence-corrected chi connectivity index (χ4v) is 2.27. The number of amides is 1. The Bertz CT molecular complexity index is 296. The molecule has 1 amide bonds. The second kappa shape index (κ2) is 7.33. The van der Waals surface area contributed by atoms with Crippen LogP contribution in [0.25, 0.3) is 0 Å². The minimum absolute atomic E-state index is 0.116. The van der Waals surface area contributed by atoms with Crippen molar-refractivity contribution in [2.24, 2.45) is 5.73 Å². The van der Waals surface area contributed by atoms with Gasteiger partial charge >= 0.3 is 5.97 Å². The van der Waals surface area contributed by atoms with Crippen LogP contribution in [0.4, 0.5) is 0 Å². The lowest BCUT2D eigenvalue weighted by Crippen LogP contribution is -2.40. The number of hydrogen-bond donors (Lipinski definition) is 3. The van der Waals surface area contributed by atoms with E-state index in [9.17, 15) is 9.59 Å². The van der Waals surface area contributed by atoms with Gasteiger partial charge in [0.2, 0.25) is 5.91 Å². The number of likely N-dealkylation sites (tertiary alicyclic amines) is 1. The van der Waals surface area contributed by atoms with Crippen LogP contribution in [0.3, 0.4) is 0 Å². The zero-order valence-corrected chi connectivity index (χ0v) is 10.9.